The standard InChI is InChI=1S/C14H23BrN2O/c1-4-5-10(2)13(17-16)9-11-8-12(15)6-7-14(11)18-3/h6-8,10,13,17H,4-5,9,16H2,1-3H3. The van der Waals surface area contributed by atoms with Crippen LogP contribution in [0.5, 0.6) is 5.75 Å². The van der Waals surface area contributed by atoms with Gasteiger partial charge < -0.3 is 4.74 Å². The quantitative estimate of drug-likeness (QED) is 0.600. The lowest BCUT2D eigenvalue weighted by Crippen LogP contribution is -2.41. The number of nitrogens with two attached hydrogens (primary N) is 1. The molecule has 0 saturated heterocycles. The summed E-state index contributed by atoms with van der Waals surface area (Å²) in [6.45, 7) is 4.43. The molecule has 0 saturated carbocycles. The summed E-state index contributed by atoms with van der Waals surface area (Å²) in [5, 5.41) is 0. The van der Waals surface area contributed by atoms with Gasteiger partial charge in [-0.3, -0.25) is 11.3 Å². The fourth-order valence-electron chi connectivity index (χ4n) is 2.22. The predicted octanol–water partition coefficient (Wildman–Crippen LogP) is 3.27. The second-order valence-electron chi connectivity index (χ2n) is 4.70. The van der Waals surface area contributed by atoms with Crippen LogP contribution in [0.15, 0.2) is 22.7 Å². The van der Waals surface area contributed by atoms with Gasteiger partial charge in [0.15, 0.2) is 0 Å². The molecule has 4 heteroatoms. The van der Waals surface area contributed by atoms with E-state index in [1.807, 2.05) is 12.1 Å². The van der Waals surface area contributed by atoms with Gasteiger partial charge in [-0.05, 0) is 42.5 Å². The summed E-state index contributed by atoms with van der Waals surface area (Å²) >= 11 is 3.50. The van der Waals surface area contributed by atoms with E-state index in [1.165, 1.54) is 18.4 Å². The van der Waals surface area contributed by atoms with Gasteiger partial charge in [0.2, 0.25) is 0 Å². The molecule has 0 fully saturated rings. The highest BCUT2D eigenvalue weighted by Gasteiger charge is 2.17. The van der Waals surface area contributed by atoms with Crippen LogP contribution in [0.25, 0.3) is 0 Å². The normalized spacial score (nSPS) is 14.3. The second kappa shape index (κ2) is 7.77. The van der Waals surface area contributed by atoms with Crippen LogP contribution in [-0.4, -0.2) is 13.2 Å². The zero-order chi connectivity index (χ0) is 13.5. The molecule has 3 nitrogen and oxygen atoms in total. The molecule has 0 bridgehead atoms. The van der Waals surface area contributed by atoms with E-state index in [2.05, 4.69) is 41.3 Å². The third-order valence-corrected chi connectivity index (χ3v) is 3.82. The van der Waals surface area contributed by atoms with Crippen molar-refractivity contribution in [1.29, 1.82) is 0 Å². The van der Waals surface area contributed by atoms with Gasteiger partial charge in [0.25, 0.3) is 0 Å². The summed E-state index contributed by atoms with van der Waals surface area (Å²) in [6.07, 6.45) is 3.22. The van der Waals surface area contributed by atoms with Crippen molar-refractivity contribution in [3.05, 3.63) is 28.2 Å². The number of halogens is 1. The van der Waals surface area contributed by atoms with Gasteiger partial charge in [0.05, 0.1) is 7.11 Å². The van der Waals surface area contributed by atoms with Gasteiger partial charge in [-0.25, -0.2) is 0 Å². The number of rotatable bonds is 7. The van der Waals surface area contributed by atoms with E-state index in [1.54, 1.807) is 7.11 Å². The third-order valence-electron chi connectivity index (χ3n) is 3.33. The van der Waals surface area contributed by atoms with Crippen LogP contribution >= 0.6 is 15.9 Å². The van der Waals surface area contributed by atoms with Gasteiger partial charge in [-0.15, -0.1) is 0 Å². The van der Waals surface area contributed by atoms with Crippen LogP contribution < -0.4 is 16.0 Å². The molecule has 0 spiro atoms. The van der Waals surface area contributed by atoms with E-state index in [0.29, 0.717) is 5.92 Å². The molecule has 0 radical (unpaired) electrons. The number of nitrogens with one attached hydrogen (secondary N) is 1. The van der Waals surface area contributed by atoms with Crippen molar-refractivity contribution in [1.82, 2.24) is 5.43 Å². The maximum absolute atomic E-state index is 5.68. The molecule has 0 aromatic heterocycles. The minimum Gasteiger partial charge on any atom is -0.496 e. The second-order valence-corrected chi connectivity index (χ2v) is 5.62. The topological polar surface area (TPSA) is 47.3 Å². The van der Waals surface area contributed by atoms with Crippen LogP contribution in [0.2, 0.25) is 0 Å². The van der Waals surface area contributed by atoms with Gasteiger partial charge in [-0.2, -0.15) is 0 Å². The average molecular weight is 315 g/mol. The van der Waals surface area contributed by atoms with E-state index in [4.69, 9.17) is 10.6 Å². The summed E-state index contributed by atoms with van der Waals surface area (Å²) in [5.41, 5.74) is 4.11. The van der Waals surface area contributed by atoms with E-state index in [0.717, 1.165) is 16.6 Å². The number of benzene rings is 1. The number of methoxy groups -OCH3 is 1. The first-order valence-electron chi connectivity index (χ1n) is 6.40. The Morgan fingerprint density at radius 2 is 2.17 bits per heavy atom. The Labute approximate surface area is 118 Å². The maximum atomic E-state index is 5.68. The van der Waals surface area contributed by atoms with Crippen LogP contribution in [0.1, 0.15) is 32.3 Å². The van der Waals surface area contributed by atoms with Gasteiger partial charge in [0.1, 0.15) is 5.75 Å². The zero-order valence-electron chi connectivity index (χ0n) is 11.4. The molecule has 1 aromatic carbocycles. The maximum Gasteiger partial charge on any atom is 0.122 e. The zero-order valence-corrected chi connectivity index (χ0v) is 13.0. The molecular weight excluding hydrogens is 292 g/mol. The summed E-state index contributed by atoms with van der Waals surface area (Å²) < 4.78 is 6.46. The SMILES string of the molecule is CCCC(C)C(Cc1cc(Br)ccc1OC)NN. The summed E-state index contributed by atoms with van der Waals surface area (Å²) in [6, 6.07) is 6.34. The van der Waals surface area contributed by atoms with E-state index in [9.17, 15) is 0 Å². The average Bonchev–Trinajstić information content (AvgIpc) is 2.36. The van der Waals surface area contributed by atoms with Gasteiger partial charge in [0, 0.05) is 10.5 Å². The fraction of sp³-hybridized carbons (Fsp3) is 0.571. The van der Waals surface area contributed by atoms with Crippen LogP contribution in [0, 0.1) is 5.92 Å². The number of ether oxygens (including phenoxy) is 1. The Bertz CT molecular complexity index is 371. The summed E-state index contributed by atoms with van der Waals surface area (Å²) in [4.78, 5) is 0. The van der Waals surface area contributed by atoms with Crippen LogP contribution in [0.4, 0.5) is 0 Å². The highest BCUT2D eigenvalue weighted by molar-refractivity contribution is 9.10. The molecule has 0 aliphatic carbocycles. The van der Waals surface area contributed by atoms with E-state index < -0.39 is 0 Å². The van der Waals surface area contributed by atoms with Crippen molar-refractivity contribution in [3.63, 3.8) is 0 Å². The van der Waals surface area contributed by atoms with Crippen molar-refractivity contribution < 1.29 is 4.74 Å². The molecule has 102 valence electrons. The smallest absolute Gasteiger partial charge is 0.122 e. The van der Waals surface area contributed by atoms with Crippen LogP contribution in [-0.2, 0) is 6.42 Å². The fourth-order valence-corrected chi connectivity index (χ4v) is 2.63. The van der Waals surface area contributed by atoms with E-state index >= 15 is 0 Å². The van der Waals surface area contributed by atoms with Gasteiger partial charge >= 0.3 is 0 Å². The Morgan fingerprint density at radius 3 is 2.72 bits per heavy atom. The third kappa shape index (κ3) is 4.26. The number of hydrogen-bond donors (Lipinski definition) is 2. The Hall–Kier alpha value is -0.580. The molecule has 3 N–H and O–H groups in total. The molecule has 2 atom stereocenters. The Kier molecular flexibility index (Phi) is 6.68. The van der Waals surface area contributed by atoms with Crippen molar-refractivity contribution in [2.75, 3.05) is 7.11 Å². The molecule has 0 aliphatic rings. The van der Waals surface area contributed by atoms with Crippen LogP contribution in [0.3, 0.4) is 0 Å². The van der Waals surface area contributed by atoms with Crippen molar-refractivity contribution in [2.24, 2.45) is 11.8 Å². The molecule has 0 aliphatic heterocycles. The first-order chi connectivity index (χ1) is 8.62. The lowest BCUT2D eigenvalue weighted by atomic mass is 9.92. The lowest BCUT2D eigenvalue weighted by Gasteiger charge is -2.24. The predicted molar refractivity (Wildman–Crippen MR) is 79.6 cm³/mol. The molecule has 1 aromatic rings. The van der Waals surface area contributed by atoms with Crippen molar-refractivity contribution in [3.8, 4) is 5.75 Å². The molecule has 0 amide bonds. The molecular formula is C14H23BrN2O. The summed E-state index contributed by atoms with van der Waals surface area (Å²) in [7, 11) is 1.70. The van der Waals surface area contributed by atoms with Gasteiger partial charge in [-0.1, -0.05) is 36.2 Å². The largest absolute Gasteiger partial charge is 0.496 e. The molecule has 18 heavy (non-hydrogen) atoms. The minimum absolute atomic E-state index is 0.271. The van der Waals surface area contributed by atoms with Crippen molar-refractivity contribution >= 4 is 15.9 Å². The number of hydrazine groups is 1. The monoisotopic (exact) mass is 314 g/mol. The Morgan fingerprint density at radius 1 is 1.44 bits per heavy atom. The Balaban J connectivity index is 2.83. The molecule has 1 rings (SSSR count). The highest BCUT2D eigenvalue weighted by atomic mass is 79.9. The highest BCUT2D eigenvalue weighted by Crippen LogP contribution is 2.26. The van der Waals surface area contributed by atoms with Crippen molar-refractivity contribution in [2.45, 2.75) is 39.2 Å². The summed E-state index contributed by atoms with van der Waals surface area (Å²) in [5.74, 6) is 7.14. The first-order valence-corrected chi connectivity index (χ1v) is 7.20. The molecule has 0 heterocycles. The van der Waals surface area contributed by atoms with E-state index in [-0.39, 0.29) is 6.04 Å². The minimum atomic E-state index is 0.271. The lowest BCUT2D eigenvalue weighted by molar-refractivity contribution is 0.349. The number of hydrogen-bond acceptors (Lipinski definition) is 3. The molecule has 2 unspecified atom stereocenters. The first kappa shape index (κ1) is 15.5.